The highest BCUT2D eigenvalue weighted by atomic mass is 32.2. The molecule has 0 aromatic heterocycles. The third-order valence-electron chi connectivity index (χ3n) is 3.33. The molecule has 0 bridgehead atoms. The van der Waals surface area contributed by atoms with Gasteiger partial charge in [0.1, 0.15) is 0 Å². The van der Waals surface area contributed by atoms with Crippen LogP contribution in [-0.2, 0) is 9.59 Å². The summed E-state index contributed by atoms with van der Waals surface area (Å²) in [6.45, 7) is 5.65. The number of hydrogen-bond acceptors (Lipinski definition) is 4. The molecule has 1 aliphatic heterocycles. The van der Waals surface area contributed by atoms with Crippen LogP contribution in [0.25, 0.3) is 0 Å². The van der Waals surface area contributed by atoms with Crippen LogP contribution in [0.5, 0.6) is 0 Å². The Morgan fingerprint density at radius 1 is 1.33 bits per heavy atom. The Morgan fingerprint density at radius 3 is 2.71 bits per heavy atom. The number of fused-ring (bicyclic) bond motifs is 1. The molecule has 1 aliphatic rings. The lowest BCUT2D eigenvalue weighted by atomic mass is 10.1. The number of thioether (sulfide) groups is 1. The second-order valence-electron chi connectivity index (χ2n) is 6.82. The number of amides is 3. The molecule has 7 heteroatoms. The predicted octanol–water partition coefficient (Wildman–Crippen LogP) is 2.11. The van der Waals surface area contributed by atoms with Gasteiger partial charge in [-0.2, -0.15) is 0 Å². The van der Waals surface area contributed by atoms with Crippen molar-refractivity contribution in [3.8, 4) is 0 Å². The number of carbonyl (C=O) groups is 3. The average Bonchev–Trinajstić information content (AvgIpc) is 2.63. The summed E-state index contributed by atoms with van der Waals surface area (Å²) < 4.78 is 0. The van der Waals surface area contributed by atoms with Gasteiger partial charge < -0.3 is 15.5 Å². The van der Waals surface area contributed by atoms with E-state index in [-0.39, 0.29) is 29.8 Å². The monoisotopic (exact) mass is 349 g/mol. The molecule has 1 aromatic rings. The lowest BCUT2D eigenvalue weighted by molar-refractivity contribution is -0.123. The quantitative estimate of drug-likeness (QED) is 0.876. The van der Waals surface area contributed by atoms with Crippen molar-refractivity contribution in [3.05, 3.63) is 23.8 Å². The number of benzene rings is 1. The molecule has 1 heterocycles. The van der Waals surface area contributed by atoms with Gasteiger partial charge in [-0.1, -0.05) is 0 Å². The van der Waals surface area contributed by atoms with E-state index in [2.05, 4.69) is 10.6 Å². The van der Waals surface area contributed by atoms with Crippen LogP contribution in [0.1, 0.15) is 37.6 Å². The summed E-state index contributed by atoms with van der Waals surface area (Å²) in [7, 11) is 1.59. The maximum Gasteiger partial charge on any atom is 0.254 e. The van der Waals surface area contributed by atoms with Crippen LogP contribution < -0.4 is 10.6 Å². The van der Waals surface area contributed by atoms with E-state index in [0.717, 1.165) is 10.6 Å². The van der Waals surface area contributed by atoms with E-state index in [4.69, 9.17) is 0 Å². The van der Waals surface area contributed by atoms with E-state index < -0.39 is 0 Å². The van der Waals surface area contributed by atoms with Gasteiger partial charge in [0, 0.05) is 35.2 Å². The summed E-state index contributed by atoms with van der Waals surface area (Å²) in [6, 6.07) is 5.23. The molecule has 24 heavy (non-hydrogen) atoms. The van der Waals surface area contributed by atoms with Crippen LogP contribution in [-0.4, -0.2) is 47.5 Å². The number of anilines is 1. The summed E-state index contributed by atoms with van der Waals surface area (Å²) in [4.78, 5) is 38.5. The fraction of sp³-hybridized carbons (Fsp3) is 0.471. The first-order valence-electron chi connectivity index (χ1n) is 7.79. The average molecular weight is 349 g/mol. The van der Waals surface area contributed by atoms with Crippen molar-refractivity contribution in [3.63, 3.8) is 0 Å². The zero-order valence-corrected chi connectivity index (χ0v) is 15.3. The molecule has 1 aromatic carbocycles. The Kier molecular flexibility index (Phi) is 5.54. The van der Waals surface area contributed by atoms with E-state index in [1.165, 1.54) is 4.90 Å². The molecule has 6 nitrogen and oxygen atoms in total. The molecular formula is C17H23N3O3S. The van der Waals surface area contributed by atoms with Gasteiger partial charge in [-0.3, -0.25) is 14.4 Å². The molecule has 2 N–H and O–H groups in total. The van der Waals surface area contributed by atoms with Gasteiger partial charge in [-0.15, -0.1) is 11.8 Å². The van der Waals surface area contributed by atoms with E-state index in [9.17, 15) is 14.4 Å². The van der Waals surface area contributed by atoms with Crippen molar-refractivity contribution in [2.75, 3.05) is 24.7 Å². The van der Waals surface area contributed by atoms with Crippen molar-refractivity contribution < 1.29 is 14.4 Å². The minimum atomic E-state index is -0.341. The van der Waals surface area contributed by atoms with Crippen LogP contribution >= 0.6 is 11.8 Å². The van der Waals surface area contributed by atoms with Crippen LogP contribution in [0.3, 0.4) is 0 Å². The van der Waals surface area contributed by atoms with Crippen molar-refractivity contribution >= 4 is 35.2 Å². The number of carbonyl (C=O) groups excluding carboxylic acids is 3. The molecule has 0 saturated carbocycles. The summed E-state index contributed by atoms with van der Waals surface area (Å²) in [6.07, 6.45) is 0.454. The summed E-state index contributed by atoms with van der Waals surface area (Å²) in [5, 5.41) is 5.65. The maximum absolute atomic E-state index is 12.5. The summed E-state index contributed by atoms with van der Waals surface area (Å²) in [5.41, 5.74) is 0.760. The molecular weight excluding hydrogens is 326 g/mol. The lowest BCUT2D eigenvalue weighted by Gasteiger charge is -2.23. The minimum absolute atomic E-state index is 0.0195. The third kappa shape index (κ3) is 4.99. The van der Waals surface area contributed by atoms with Crippen molar-refractivity contribution in [1.82, 2.24) is 10.2 Å². The zero-order chi connectivity index (χ0) is 17.9. The molecule has 3 amide bonds. The third-order valence-corrected chi connectivity index (χ3v) is 4.40. The van der Waals surface area contributed by atoms with E-state index in [1.807, 2.05) is 26.8 Å². The normalized spacial score (nSPS) is 14.2. The van der Waals surface area contributed by atoms with Crippen LogP contribution in [0.15, 0.2) is 23.1 Å². The van der Waals surface area contributed by atoms with Gasteiger partial charge in [0.15, 0.2) is 0 Å². The van der Waals surface area contributed by atoms with Gasteiger partial charge in [-0.05, 0) is 39.0 Å². The first kappa shape index (κ1) is 18.3. The zero-order valence-electron chi connectivity index (χ0n) is 14.4. The Morgan fingerprint density at radius 2 is 2.04 bits per heavy atom. The Bertz CT molecular complexity index is 668. The summed E-state index contributed by atoms with van der Waals surface area (Å²) >= 11 is 1.59. The highest BCUT2D eigenvalue weighted by molar-refractivity contribution is 7.99. The van der Waals surface area contributed by atoms with Gasteiger partial charge >= 0.3 is 0 Å². The number of rotatable bonds is 3. The molecule has 0 spiro atoms. The maximum atomic E-state index is 12.5. The molecule has 0 unspecified atom stereocenters. The minimum Gasteiger partial charge on any atom is -0.350 e. The molecule has 0 fully saturated rings. The standard InChI is InChI=1S/C17H23N3O3S/c1-17(2,3)19-15(22)10-20(4)16(23)11-5-6-13-12(9-11)18-14(21)7-8-24-13/h5-6,9H,7-8,10H2,1-4H3,(H,18,21)(H,19,22). The van der Waals surface area contributed by atoms with Crippen molar-refractivity contribution in [1.29, 1.82) is 0 Å². The molecule has 0 saturated heterocycles. The van der Waals surface area contributed by atoms with Crippen LogP contribution in [0.4, 0.5) is 5.69 Å². The van der Waals surface area contributed by atoms with Gasteiger partial charge in [0.05, 0.1) is 12.2 Å². The van der Waals surface area contributed by atoms with Gasteiger partial charge in [0.2, 0.25) is 11.8 Å². The largest absolute Gasteiger partial charge is 0.350 e. The SMILES string of the molecule is CN(CC(=O)NC(C)(C)C)C(=O)c1ccc2c(c1)NC(=O)CCS2. The molecule has 0 radical (unpaired) electrons. The number of nitrogens with one attached hydrogen (secondary N) is 2. The fourth-order valence-corrected chi connectivity index (χ4v) is 3.26. The number of nitrogens with zero attached hydrogens (tertiary/aromatic N) is 1. The lowest BCUT2D eigenvalue weighted by Crippen LogP contribution is -2.46. The van der Waals surface area contributed by atoms with Crippen molar-refractivity contribution in [2.45, 2.75) is 37.6 Å². The molecule has 2 rings (SSSR count). The Balaban J connectivity index is 2.09. The predicted molar refractivity (Wildman–Crippen MR) is 95.3 cm³/mol. The number of hydrogen-bond donors (Lipinski definition) is 2. The summed E-state index contributed by atoms with van der Waals surface area (Å²) in [5.74, 6) is 0.199. The van der Waals surface area contributed by atoms with E-state index in [0.29, 0.717) is 17.7 Å². The highest BCUT2D eigenvalue weighted by Gasteiger charge is 2.20. The van der Waals surface area contributed by atoms with Crippen molar-refractivity contribution in [2.24, 2.45) is 0 Å². The second kappa shape index (κ2) is 7.25. The van der Waals surface area contributed by atoms with Gasteiger partial charge in [0.25, 0.3) is 5.91 Å². The van der Waals surface area contributed by atoms with E-state index in [1.54, 1.807) is 30.9 Å². The second-order valence-corrected chi connectivity index (χ2v) is 7.95. The topological polar surface area (TPSA) is 78.5 Å². The number of likely N-dealkylation sites (N-methyl/N-ethyl adjacent to an activating group) is 1. The van der Waals surface area contributed by atoms with Crippen LogP contribution in [0, 0.1) is 0 Å². The first-order valence-corrected chi connectivity index (χ1v) is 8.77. The molecule has 0 atom stereocenters. The van der Waals surface area contributed by atoms with Gasteiger partial charge in [-0.25, -0.2) is 0 Å². The molecule has 130 valence electrons. The van der Waals surface area contributed by atoms with E-state index >= 15 is 0 Å². The Labute approximate surface area is 146 Å². The Hall–Kier alpha value is -2.02. The first-order chi connectivity index (χ1) is 11.2. The smallest absolute Gasteiger partial charge is 0.254 e. The fourth-order valence-electron chi connectivity index (χ4n) is 2.32. The molecule has 0 aliphatic carbocycles. The van der Waals surface area contributed by atoms with Crippen LogP contribution in [0.2, 0.25) is 0 Å². The highest BCUT2D eigenvalue weighted by Crippen LogP contribution is 2.31.